The molecule has 10 aromatic carbocycles. The summed E-state index contributed by atoms with van der Waals surface area (Å²) in [6.45, 7) is 5.41. The van der Waals surface area contributed by atoms with Crippen molar-refractivity contribution >= 4 is 166 Å². The monoisotopic (exact) mass is 1320 g/mol. The van der Waals surface area contributed by atoms with Gasteiger partial charge in [-0.05, 0) is 118 Å². The van der Waals surface area contributed by atoms with Crippen molar-refractivity contribution in [2.45, 2.75) is 79.2 Å². The Morgan fingerprint density at radius 2 is 0.908 bits per heavy atom. The summed E-state index contributed by atoms with van der Waals surface area (Å²) in [4.78, 5) is 14.2. The van der Waals surface area contributed by atoms with E-state index in [4.69, 9.17) is 19.4 Å². The van der Waals surface area contributed by atoms with Crippen LogP contribution in [-0.4, -0.2) is 39.1 Å². The minimum atomic E-state index is 0. The number of aromatic nitrogens is 4. The largest absolute Gasteiger partial charge is 0.496 e. The van der Waals surface area contributed by atoms with Gasteiger partial charge in [0.25, 0.3) is 0 Å². The average molecular weight is 1330 g/mol. The van der Waals surface area contributed by atoms with E-state index >= 15 is 0 Å². The number of ether oxygens (including phenoxy) is 2. The molecule has 12 rings (SSSR count). The Bertz CT molecular complexity index is 3970. The Labute approximate surface area is 487 Å². The van der Waals surface area contributed by atoms with Crippen molar-refractivity contribution in [3.63, 3.8) is 0 Å². The highest BCUT2D eigenvalue weighted by Crippen LogP contribution is 2.43. The summed E-state index contributed by atoms with van der Waals surface area (Å²) < 4.78 is 18.0. The molecule has 0 aliphatic heterocycles. The lowest BCUT2D eigenvalue weighted by Gasteiger charge is -2.14. The summed E-state index contributed by atoms with van der Waals surface area (Å²) >= 11 is 18.1. The summed E-state index contributed by atoms with van der Waals surface area (Å²) in [6.07, 6.45) is 10.3. The molecule has 0 aliphatic carbocycles. The minimum absolute atomic E-state index is 0. The number of aromatic amines is 1. The number of nitrogens with zero attached hydrogens (tertiary/aromatic N) is 3. The smallest absolute Gasteiger partial charge is 0.141 e. The molecule has 12 aromatic rings. The summed E-state index contributed by atoms with van der Waals surface area (Å²) in [6, 6.07) is 51.0. The third-order valence-electron chi connectivity index (χ3n) is 14.1. The van der Waals surface area contributed by atoms with E-state index in [0.29, 0.717) is 0 Å². The van der Waals surface area contributed by atoms with Crippen molar-refractivity contribution in [1.29, 1.82) is 0 Å². The normalized spacial score (nSPS) is 11.4. The molecule has 11 heteroatoms. The number of H-pyrrole nitrogens is 1. The van der Waals surface area contributed by atoms with E-state index in [1.165, 1.54) is 88.1 Å². The lowest BCUT2D eigenvalue weighted by atomic mass is 10.00. The predicted octanol–water partition coefficient (Wildman–Crippen LogP) is 22.1. The molecule has 388 valence electrons. The molecular weight excluding hydrogens is 1270 g/mol. The molecule has 0 amide bonds. The maximum absolute atomic E-state index is 5.70. The molecule has 0 spiro atoms. The fraction of sp³-hybridized carbons (Fsp3) is 0.231. The van der Waals surface area contributed by atoms with Gasteiger partial charge in [0.1, 0.15) is 23.1 Å². The molecule has 1 N–H and O–H groups in total. The van der Waals surface area contributed by atoms with E-state index < -0.39 is 0 Å². The average Bonchev–Trinajstić information content (AvgIpc) is 4.08. The van der Waals surface area contributed by atoms with Gasteiger partial charge in [0.15, 0.2) is 0 Å². The van der Waals surface area contributed by atoms with Crippen molar-refractivity contribution in [3.05, 3.63) is 163 Å². The van der Waals surface area contributed by atoms with Crippen molar-refractivity contribution in [2.75, 3.05) is 19.5 Å². The first-order valence-electron chi connectivity index (χ1n) is 25.7. The number of hydrogen-bond acceptors (Lipinski definition) is 4. The van der Waals surface area contributed by atoms with Gasteiger partial charge >= 0.3 is 0 Å². The summed E-state index contributed by atoms with van der Waals surface area (Å²) in [5, 5.41) is 15.2. The van der Waals surface area contributed by atoms with Gasteiger partial charge in [0.05, 0.1) is 36.3 Å². The van der Waals surface area contributed by atoms with Crippen LogP contribution in [0.25, 0.3) is 109 Å². The third-order valence-corrected chi connectivity index (χ3v) is 16.7. The zero-order chi connectivity index (χ0) is 52.2. The molecule has 0 aliphatic rings. The fourth-order valence-corrected chi connectivity index (χ4v) is 12.4. The van der Waals surface area contributed by atoms with Crippen molar-refractivity contribution in [1.82, 2.24) is 19.5 Å². The van der Waals surface area contributed by atoms with E-state index in [1.807, 2.05) is 18.2 Å². The zero-order valence-corrected chi connectivity index (χ0v) is 50.4. The number of halogens is 5. The van der Waals surface area contributed by atoms with Gasteiger partial charge < -0.3 is 19.0 Å². The number of hydrogen-bond donors (Lipinski definition) is 1. The predicted molar refractivity (Wildman–Crippen MR) is 344 cm³/mol. The molecule has 0 bridgehead atoms. The molecule has 0 atom stereocenters. The molecule has 0 radical (unpaired) electrons. The second kappa shape index (κ2) is 25.0. The van der Waals surface area contributed by atoms with Crippen LogP contribution < -0.4 is 9.47 Å². The van der Waals surface area contributed by atoms with E-state index in [0.717, 1.165) is 114 Å². The number of rotatable bonds is 13. The molecule has 2 aromatic heterocycles. The van der Waals surface area contributed by atoms with Gasteiger partial charge in [-0.2, -0.15) is 0 Å². The number of imidazole rings is 2. The van der Waals surface area contributed by atoms with Gasteiger partial charge in [-0.3, -0.25) is 0 Å². The van der Waals surface area contributed by atoms with E-state index in [1.54, 1.807) is 14.2 Å². The zero-order valence-electron chi connectivity index (χ0n) is 42.5. The number of unbranched alkanes of at least 4 members (excludes halogenated alkanes) is 6. The topological polar surface area (TPSA) is 65.0 Å². The molecular formula is C65H61Br5N4O2. The second-order valence-corrected chi connectivity index (χ2v) is 23.3. The van der Waals surface area contributed by atoms with Crippen molar-refractivity contribution < 1.29 is 9.47 Å². The maximum atomic E-state index is 5.70. The number of alkyl halides is 1. The number of nitrogens with one attached hydrogen (secondary N) is 1. The van der Waals surface area contributed by atoms with Crippen molar-refractivity contribution in [2.24, 2.45) is 0 Å². The third kappa shape index (κ3) is 11.1. The number of benzene rings is 10. The van der Waals surface area contributed by atoms with Crippen LogP contribution in [-0.2, 0) is 6.54 Å². The molecule has 0 fully saturated rings. The standard InChI is InChI=1S/C32H28Br2N2O.C26H16Br2N2O.C6H13Br.CH4/c1-3-4-5-8-17-36-31-28-19-21(34)12-14-24(28)23-13-11-20(33)18-27(23)30(31)35-32(36)26-15-16-29(37-2)25-10-7-6-9-22(25)26;1-31-23-11-10-20(16-4-2-3-5-19(16)23)26-29-24-21-12-14(27)6-8-17(21)18-9-7-15(28)13-22(18)25(24)30-26;1-2-3-4-5-6-7;/h6-7,9-16,18-19H,3-5,8,17H2,1-2H3;2-13H,1H3,(H,29,30);2-6H2,1H3;1H4. The van der Waals surface area contributed by atoms with E-state index in [2.05, 4.69) is 230 Å². The van der Waals surface area contributed by atoms with Gasteiger partial charge in [0.2, 0.25) is 0 Å². The highest BCUT2D eigenvalue weighted by atomic mass is 79.9. The minimum Gasteiger partial charge on any atom is -0.496 e. The number of fused-ring (bicyclic) bond motifs is 14. The lowest BCUT2D eigenvalue weighted by Crippen LogP contribution is -2.02. The van der Waals surface area contributed by atoms with Crippen LogP contribution in [0.5, 0.6) is 11.5 Å². The van der Waals surface area contributed by atoms with Crippen LogP contribution in [0.1, 0.15) is 72.6 Å². The molecule has 76 heavy (non-hydrogen) atoms. The van der Waals surface area contributed by atoms with Gasteiger partial charge in [-0.25, -0.2) is 9.97 Å². The van der Waals surface area contributed by atoms with Crippen LogP contribution in [0.2, 0.25) is 0 Å². The highest BCUT2D eigenvalue weighted by Gasteiger charge is 2.22. The first-order valence-corrected chi connectivity index (χ1v) is 30.0. The molecule has 0 saturated heterocycles. The fourth-order valence-electron chi connectivity index (χ4n) is 10.5. The summed E-state index contributed by atoms with van der Waals surface area (Å²) in [5.41, 5.74) is 6.45. The highest BCUT2D eigenvalue weighted by molar-refractivity contribution is 9.11. The van der Waals surface area contributed by atoms with Gasteiger partial charge in [-0.1, -0.05) is 212 Å². The Balaban J connectivity index is 0.000000165. The Morgan fingerprint density at radius 1 is 0.447 bits per heavy atom. The number of aryl methyl sites for hydroxylation is 1. The van der Waals surface area contributed by atoms with Crippen molar-refractivity contribution in [3.8, 4) is 34.3 Å². The molecule has 2 heterocycles. The maximum Gasteiger partial charge on any atom is 0.141 e. The van der Waals surface area contributed by atoms with Gasteiger partial charge in [-0.15, -0.1) is 0 Å². The van der Waals surface area contributed by atoms with Crippen LogP contribution in [0.3, 0.4) is 0 Å². The SMILES string of the molecule is C.CCCCCCBr.CCCCCCn1c(-c2ccc(OC)c3ccccc23)nc2c3cc(Br)ccc3c3ccc(Br)cc3c21.COc1ccc(-c2nc3c4cc(Br)ccc4c4ccc(Br)cc4c3[nH]2)c2ccccc12. The molecule has 0 saturated carbocycles. The van der Waals surface area contributed by atoms with Crippen LogP contribution in [0.15, 0.2) is 163 Å². The summed E-state index contributed by atoms with van der Waals surface area (Å²) in [7, 11) is 3.44. The quantitative estimate of drug-likeness (QED) is 0.0710. The number of methoxy groups -OCH3 is 2. The summed E-state index contributed by atoms with van der Waals surface area (Å²) in [5.74, 6) is 3.61. The van der Waals surface area contributed by atoms with Crippen LogP contribution in [0.4, 0.5) is 0 Å². The van der Waals surface area contributed by atoms with E-state index in [-0.39, 0.29) is 7.43 Å². The second-order valence-electron chi connectivity index (χ2n) is 18.9. The Morgan fingerprint density at radius 3 is 1.45 bits per heavy atom. The Hall–Kier alpha value is -5.30. The lowest BCUT2D eigenvalue weighted by molar-refractivity contribution is 0.420. The first-order chi connectivity index (χ1) is 36.7. The molecule has 6 nitrogen and oxygen atoms in total. The van der Waals surface area contributed by atoms with Crippen LogP contribution >= 0.6 is 79.6 Å². The Kier molecular flexibility index (Phi) is 18.2. The van der Waals surface area contributed by atoms with Gasteiger partial charge in [0, 0.05) is 73.2 Å². The molecule has 0 unspecified atom stereocenters. The van der Waals surface area contributed by atoms with E-state index in [9.17, 15) is 0 Å². The first kappa shape index (κ1) is 55.5. The van der Waals surface area contributed by atoms with Crippen LogP contribution in [0, 0.1) is 0 Å².